The summed E-state index contributed by atoms with van der Waals surface area (Å²) in [4.78, 5) is 25.6. The topological polar surface area (TPSA) is 67.2 Å². The Bertz CT molecular complexity index is 1140. The Morgan fingerprint density at radius 3 is 2.45 bits per heavy atom. The minimum Gasteiger partial charge on any atom is -0.353 e. The van der Waals surface area contributed by atoms with Crippen LogP contribution in [-0.2, 0) is 11.0 Å². The van der Waals surface area contributed by atoms with Gasteiger partial charge in [0.1, 0.15) is 0 Å². The molecule has 0 bridgehead atoms. The third-order valence-corrected chi connectivity index (χ3v) is 5.15. The number of nitrogens with zero attached hydrogens (tertiary/aromatic N) is 3. The highest BCUT2D eigenvalue weighted by Gasteiger charge is 2.35. The number of rotatable bonds is 3. The second-order valence-corrected chi connectivity index (χ2v) is 7.34. The third kappa shape index (κ3) is 4.27. The third-order valence-electron chi connectivity index (χ3n) is 4.83. The number of para-hydroxylation sites is 1. The minimum atomic E-state index is -4.63. The van der Waals surface area contributed by atoms with E-state index in [1.807, 2.05) is 0 Å². The first kappa shape index (κ1) is 20.9. The van der Waals surface area contributed by atoms with Crippen LogP contribution >= 0.6 is 11.6 Å². The summed E-state index contributed by atoms with van der Waals surface area (Å²) in [5.41, 5.74) is 0.182. The van der Waals surface area contributed by atoms with Crippen LogP contribution in [0.3, 0.4) is 0 Å². The highest BCUT2D eigenvalue weighted by atomic mass is 35.5. The maximum absolute atomic E-state index is 13.3. The van der Waals surface area contributed by atoms with E-state index in [4.69, 9.17) is 11.6 Å². The quantitative estimate of drug-likeness (QED) is 0.663. The molecule has 1 aliphatic heterocycles. The van der Waals surface area contributed by atoms with Crippen molar-refractivity contribution in [2.45, 2.75) is 6.18 Å². The van der Waals surface area contributed by atoms with Crippen molar-refractivity contribution >= 4 is 23.4 Å². The zero-order valence-corrected chi connectivity index (χ0v) is 16.7. The molecule has 1 N–H and O–H groups in total. The molecular weight excluding hydrogens is 433 g/mol. The van der Waals surface area contributed by atoms with Gasteiger partial charge in [-0.15, -0.1) is 0 Å². The van der Waals surface area contributed by atoms with Crippen molar-refractivity contribution in [3.8, 4) is 16.9 Å². The van der Waals surface area contributed by atoms with E-state index in [2.05, 4.69) is 10.4 Å². The van der Waals surface area contributed by atoms with Crippen molar-refractivity contribution in [3.63, 3.8) is 0 Å². The van der Waals surface area contributed by atoms with Crippen molar-refractivity contribution in [1.82, 2.24) is 20.0 Å². The molecule has 0 atom stereocenters. The standard InChI is InChI=1S/C21H16ClF3N4O2/c22-15-3-1-2-4-16(15)29-17(11-18(27-29)21(23,24)25)13-5-7-14(8-6-13)20(31)28-10-9-26-19(30)12-28/h1-8,11H,9-10,12H2,(H,26,30). The van der Waals surface area contributed by atoms with E-state index < -0.39 is 11.9 Å². The SMILES string of the molecule is O=C1CN(C(=O)c2ccc(-c3cc(C(F)(F)F)nn3-c3ccccc3Cl)cc2)CCN1. The molecule has 1 saturated heterocycles. The van der Waals surface area contributed by atoms with E-state index >= 15 is 0 Å². The Labute approximate surface area is 180 Å². The highest BCUT2D eigenvalue weighted by Crippen LogP contribution is 2.34. The Kier molecular flexibility index (Phi) is 5.45. The van der Waals surface area contributed by atoms with Gasteiger partial charge in [-0.05, 0) is 30.3 Å². The summed E-state index contributed by atoms with van der Waals surface area (Å²) < 4.78 is 41.1. The predicted molar refractivity (Wildman–Crippen MR) is 108 cm³/mol. The van der Waals surface area contributed by atoms with Gasteiger partial charge in [-0.1, -0.05) is 35.9 Å². The minimum absolute atomic E-state index is 0.0329. The van der Waals surface area contributed by atoms with Crippen LogP contribution in [0.1, 0.15) is 16.1 Å². The number of alkyl halides is 3. The lowest BCUT2D eigenvalue weighted by molar-refractivity contribution is -0.141. The number of carbonyl (C=O) groups excluding carboxylic acids is 2. The molecule has 1 aliphatic rings. The number of nitrogens with one attached hydrogen (secondary N) is 1. The summed E-state index contributed by atoms with van der Waals surface area (Å²) >= 11 is 6.18. The summed E-state index contributed by atoms with van der Waals surface area (Å²) in [5, 5.41) is 6.61. The molecule has 31 heavy (non-hydrogen) atoms. The normalized spacial score (nSPS) is 14.5. The molecule has 6 nitrogen and oxygen atoms in total. The van der Waals surface area contributed by atoms with Gasteiger partial charge in [0.25, 0.3) is 5.91 Å². The predicted octanol–water partition coefficient (Wildman–Crippen LogP) is 3.78. The van der Waals surface area contributed by atoms with Crippen LogP contribution in [0.25, 0.3) is 16.9 Å². The lowest BCUT2D eigenvalue weighted by Crippen LogP contribution is -2.49. The smallest absolute Gasteiger partial charge is 0.353 e. The van der Waals surface area contributed by atoms with Gasteiger partial charge in [0.15, 0.2) is 5.69 Å². The maximum Gasteiger partial charge on any atom is 0.435 e. The van der Waals surface area contributed by atoms with Crippen LogP contribution in [0.4, 0.5) is 13.2 Å². The number of benzene rings is 2. The van der Waals surface area contributed by atoms with E-state index in [9.17, 15) is 22.8 Å². The molecule has 10 heteroatoms. The fourth-order valence-electron chi connectivity index (χ4n) is 3.31. The summed E-state index contributed by atoms with van der Waals surface area (Å²) in [7, 11) is 0. The average molecular weight is 449 g/mol. The van der Waals surface area contributed by atoms with Gasteiger partial charge in [-0.25, -0.2) is 4.68 Å². The number of piperazine rings is 1. The fourth-order valence-corrected chi connectivity index (χ4v) is 3.53. The molecule has 1 aromatic heterocycles. The van der Waals surface area contributed by atoms with Gasteiger partial charge in [0.2, 0.25) is 5.91 Å². The summed E-state index contributed by atoms with van der Waals surface area (Å²) in [5.74, 6) is -0.559. The lowest BCUT2D eigenvalue weighted by atomic mass is 10.1. The lowest BCUT2D eigenvalue weighted by Gasteiger charge is -2.26. The number of hydrogen-bond donors (Lipinski definition) is 1. The molecule has 0 unspecified atom stereocenters. The molecule has 160 valence electrons. The van der Waals surface area contributed by atoms with Gasteiger partial charge in [0.05, 0.1) is 22.9 Å². The van der Waals surface area contributed by atoms with Crippen molar-refractivity contribution < 1.29 is 22.8 Å². The van der Waals surface area contributed by atoms with Crippen molar-refractivity contribution in [3.05, 3.63) is 70.9 Å². The Balaban J connectivity index is 1.71. The zero-order valence-electron chi connectivity index (χ0n) is 16.0. The first-order chi connectivity index (χ1) is 14.7. The largest absolute Gasteiger partial charge is 0.435 e. The number of halogens is 4. The maximum atomic E-state index is 13.3. The second kappa shape index (κ2) is 8.07. The summed E-state index contributed by atoms with van der Waals surface area (Å²) in [6.07, 6.45) is -4.63. The monoisotopic (exact) mass is 448 g/mol. The molecule has 3 aromatic rings. The first-order valence-electron chi connectivity index (χ1n) is 9.32. The molecule has 0 saturated carbocycles. The van der Waals surface area contributed by atoms with Gasteiger partial charge >= 0.3 is 6.18 Å². The summed E-state index contributed by atoms with van der Waals surface area (Å²) in [6.45, 7) is 0.731. The summed E-state index contributed by atoms with van der Waals surface area (Å²) in [6, 6.07) is 13.5. The van der Waals surface area contributed by atoms with E-state index in [1.165, 1.54) is 17.0 Å². The number of amides is 2. The van der Waals surface area contributed by atoms with Gasteiger partial charge < -0.3 is 10.2 Å². The van der Waals surface area contributed by atoms with Crippen LogP contribution in [0.15, 0.2) is 54.6 Å². The molecule has 2 amide bonds. The van der Waals surface area contributed by atoms with Gasteiger partial charge in [-0.3, -0.25) is 9.59 Å². The van der Waals surface area contributed by atoms with Crippen LogP contribution in [0.5, 0.6) is 0 Å². The molecule has 1 fully saturated rings. The average Bonchev–Trinajstić information content (AvgIpc) is 3.19. The van der Waals surface area contributed by atoms with Crippen LogP contribution in [0.2, 0.25) is 5.02 Å². The van der Waals surface area contributed by atoms with E-state index in [0.29, 0.717) is 29.9 Å². The molecule has 0 aliphatic carbocycles. The van der Waals surface area contributed by atoms with E-state index in [1.54, 1.807) is 36.4 Å². The van der Waals surface area contributed by atoms with E-state index in [0.717, 1.165) is 10.7 Å². The number of hydrogen-bond acceptors (Lipinski definition) is 3. The highest BCUT2D eigenvalue weighted by molar-refractivity contribution is 6.32. The molecule has 2 heterocycles. The number of aromatic nitrogens is 2. The molecule has 0 spiro atoms. The Hall–Kier alpha value is -3.33. The van der Waals surface area contributed by atoms with Crippen molar-refractivity contribution in [1.29, 1.82) is 0 Å². The number of carbonyl (C=O) groups is 2. The second-order valence-electron chi connectivity index (χ2n) is 6.93. The first-order valence-corrected chi connectivity index (χ1v) is 9.70. The van der Waals surface area contributed by atoms with Crippen molar-refractivity contribution in [2.24, 2.45) is 0 Å². The van der Waals surface area contributed by atoms with Gasteiger partial charge in [-0.2, -0.15) is 18.3 Å². The fraction of sp³-hybridized carbons (Fsp3) is 0.190. The van der Waals surface area contributed by atoms with Gasteiger partial charge in [0, 0.05) is 24.2 Å². The van der Waals surface area contributed by atoms with E-state index in [-0.39, 0.29) is 29.1 Å². The zero-order chi connectivity index (χ0) is 22.2. The molecule has 2 aromatic carbocycles. The van der Waals surface area contributed by atoms with Crippen LogP contribution in [-0.4, -0.2) is 46.1 Å². The van der Waals surface area contributed by atoms with Crippen LogP contribution in [0, 0.1) is 0 Å². The van der Waals surface area contributed by atoms with Crippen molar-refractivity contribution in [2.75, 3.05) is 19.6 Å². The molecule has 0 radical (unpaired) electrons. The molecular formula is C21H16ClF3N4O2. The Morgan fingerprint density at radius 2 is 1.81 bits per heavy atom. The van der Waals surface area contributed by atoms with Crippen LogP contribution < -0.4 is 5.32 Å². The Morgan fingerprint density at radius 1 is 1.10 bits per heavy atom. The molecule has 4 rings (SSSR count).